The van der Waals surface area contributed by atoms with Crippen molar-refractivity contribution >= 4 is 0 Å². The summed E-state index contributed by atoms with van der Waals surface area (Å²) in [5.41, 5.74) is 3.11. The number of hydrogen-bond donors (Lipinski definition) is 3. The van der Waals surface area contributed by atoms with Crippen molar-refractivity contribution < 1.29 is 15.3 Å². The second-order valence-corrected chi connectivity index (χ2v) is 11.4. The van der Waals surface area contributed by atoms with Crippen LogP contribution in [0.15, 0.2) is 35.5 Å². The molecule has 0 radical (unpaired) electrons. The fraction of sp³-hybridized carbons (Fsp3) is 0.778. The molecule has 3 heteroatoms. The van der Waals surface area contributed by atoms with Gasteiger partial charge in [-0.3, -0.25) is 0 Å². The molecule has 0 bridgehead atoms. The smallest absolute Gasteiger partial charge is 0.0809 e. The van der Waals surface area contributed by atoms with Gasteiger partial charge in [0.05, 0.1) is 17.8 Å². The van der Waals surface area contributed by atoms with Crippen molar-refractivity contribution in [2.45, 2.75) is 110 Å². The van der Waals surface area contributed by atoms with Gasteiger partial charge in [-0.15, -0.1) is 0 Å². The number of aliphatic hydroxyl groups is 3. The van der Waals surface area contributed by atoms with Crippen LogP contribution >= 0.6 is 0 Å². The Morgan fingerprint density at radius 2 is 1.83 bits per heavy atom. The summed E-state index contributed by atoms with van der Waals surface area (Å²) < 4.78 is 0. The third kappa shape index (κ3) is 5.29. The molecular formula is C27H44O3. The Morgan fingerprint density at radius 3 is 2.47 bits per heavy atom. The maximum absolute atomic E-state index is 10.1. The van der Waals surface area contributed by atoms with E-state index in [9.17, 15) is 15.3 Å². The zero-order valence-corrected chi connectivity index (χ0v) is 19.7. The molecule has 1 unspecified atom stereocenters. The first-order valence-corrected chi connectivity index (χ1v) is 12.2. The first-order valence-electron chi connectivity index (χ1n) is 12.2. The lowest BCUT2D eigenvalue weighted by atomic mass is 9.60. The molecule has 6 atom stereocenters. The fourth-order valence-corrected chi connectivity index (χ4v) is 6.70. The highest BCUT2D eigenvalue weighted by molar-refractivity contribution is 5.29. The quantitative estimate of drug-likeness (QED) is 0.486. The fourth-order valence-electron chi connectivity index (χ4n) is 6.70. The Labute approximate surface area is 184 Å². The van der Waals surface area contributed by atoms with E-state index in [0.717, 1.165) is 24.3 Å². The van der Waals surface area contributed by atoms with E-state index in [2.05, 4.69) is 32.6 Å². The summed E-state index contributed by atoms with van der Waals surface area (Å²) in [6.07, 6.45) is 14.0. The summed E-state index contributed by atoms with van der Waals surface area (Å²) in [6, 6.07) is 0. The largest absolute Gasteiger partial charge is 0.390 e. The van der Waals surface area contributed by atoms with E-state index >= 15 is 0 Å². The molecule has 0 saturated heterocycles. The molecule has 3 fully saturated rings. The zero-order valence-electron chi connectivity index (χ0n) is 19.7. The average molecular weight is 417 g/mol. The molecule has 3 N–H and O–H groups in total. The third-order valence-corrected chi connectivity index (χ3v) is 8.47. The Morgan fingerprint density at radius 1 is 1.17 bits per heavy atom. The highest BCUT2D eigenvalue weighted by Crippen LogP contribution is 2.60. The van der Waals surface area contributed by atoms with Gasteiger partial charge in [0.25, 0.3) is 0 Å². The molecule has 0 aromatic carbocycles. The molecular weight excluding hydrogens is 372 g/mol. The summed E-state index contributed by atoms with van der Waals surface area (Å²) in [7, 11) is 0. The van der Waals surface area contributed by atoms with Crippen LogP contribution in [0.4, 0.5) is 0 Å². The van der Waals surface area contributed by atoms with Crippen LogP contribution in [0.5, 0.6) is 0 Å². The molecule has 3 nitrogen and oxygen atoms in total. The molecule has 0 aromatic rings. The highest BCUT2D eigenvalue weighted by Gasteiger charge is 2.50. The lowest BCUT2D eigenvalue weighted by Gasteiger charge is -2.44. The monoisotopic (exact) mass is 416 g/mol. The van der Waals surface area contributed by atoms with Crippen molar-refractivity contribution in [2.75, 3.05) is 0 Å². The van der Waals surface area contributed by atoms with E-state index in [1.807, 2.05) is 13.8 Å². The van der Waals surface area contributed by atoms with E-state index in [1.165, 1.54) is 38.5 Å². The summed E-state index contributed by atoms with van der Waals surface area (Å²) in [6.45, 7) is 12.6. The van der Waals surface area contributed by atoms with Crippen LogP contribution in [0.25, 0.3) is 0 Å². The molecule has 0 spiro atoms. The van der Waals surface area contributed by atoms with Gasteiger partial charge in [-0.05, 0) is 94.0 Å². The van der Waals surface area contributed by atoms with Crippen molar-refractivity contribution in [1.82, 2.24) is 0 Å². The van der Waals surface area contributed by atoms with Crippen molar-refractivity contribution in [3.05, 3.63) is 35.5 Å². The first-order chi connectivity index (χ1) is 14.0. The van der Waals surface area contributed by atoms with Gasteiger partial charge in [-0.1, -0.05) is 56.6 Å². The summed E-state index contributed by atoms with van der Waals surface area (Å²) >= 11 is 0. The Bertz CT molecular complexity index is 667. The molecule has 30 heavy (non-hydrogen) atoms. The predicted molar refractivity (Wildman–Crippen MR) is 124 cm³/mol. The molecule has 0 aromatic heterocycles. The van der Waals surface area contributed by atoms with Crippen LogP contribution in [-0.2, 0) is 0 Å². The van der Waals surface area contributed by atoms with Gasteiger partial charge in [0.15, 0.2) is 0 Å². The van der Waals surface area contributed by atoms with Gasteiger partial charge in [0.2, 0.25) is 0 Å². The number of hydrogen-bond acceptors (Lipinski definition) is 3. The second kappa shape index (κ2) is 9.30. The van der Waals surface area contributed by atoms with Gasteiger partial charge in [-0.2, -0.15) is 0 Å². The van der Waals surface area contributed by atoms with E-state index in [0.29, 0.717) is 35.7 Å². The van der Waals surface area contributed by atoms with Gasteiger partial charge in [-0.25, -0.2) is 0 Å². The maximum atomic E-state index is 10.1. The van der Waals surface area contributed by atoms with Gasteiger partial charge >= 0.3 is 0 Å². The Kier molecular flexibility index (Phi) is 7.37. The summed E-state index contributed by atoms with van der Waals surface area (Å²) in [5, 5.41) is 30.3. The SMILES string of the molecule is C=C1[C@H](O)CC(=C/C=C2\CCC[C@]3(C)C([C@@H](C)CCCC(C)(C)O)CC[C@@H]23)C[C@H]1O. The van der Waals surface area contributed by atoms with Crippen LogP contribution in [0.3, 0.4) is 0 Å². The van der Waals surface area contributed by atoms with Gasteiger partial charge in [0, 0.05) is 0 Å². The van der Waals surface area contributed by atoms with E-state index in [-0.39, 0.29) is 0 Å². The minimum absolute atomic E-state index is 0.386. The van der Waals surface area contributed by atoms with Crippen LogP contribution < -0.4 is 0 Å². The van der Waals surface area contributed by atoms with Crippen LogP contribution in [0.2, 0.25) is 0 Å². The normalized spacial score (nSPS) is 37.4. The average Bonchev–Trinajstić information content (AvgIpc) is 3.00. The van der Waals surface area contributed by atoms with Crippen molar-refractivity contribution in [1.29, 1.82) is 0 Å². The van der Waals surface area contributed by atoms with E-state index < -0.39 is 17.8 Å². The zero-order chi connectivity index (χ0) is 22.1. The Hall–Kier alpha value is -0.900. The topological polar surface area (TPSA) is 60.7 Å². The number of fused-ring (bicyclic) bond motifs is 1. The minimum atomic E-state index is -0.615. The molecule has 3 saturated carbocycles. The maximum Gasteiger partial charge on any atom is 0.0809 e. The van der Waals surface area contributed by atoms with Crippen LogP contribution in [0.1, 0.15) is 91.9 Å². The van der Waals surface area contributed by atoms with Crippen LogP contribution in [0, 0.1) is 23.2 Å². The molecule has 3 aliphatic carbocycles. The van der Waals surface area contributed by atoms with Crippen molar-refractivity contribution in [2.24, 2.45) is 23.2 Å². The summed E-state index contributed by atoms with van der Waals surface area (Å²) in [5.74, 6) is 2.13. The standard InChI is InChI=1S/C27H44O3/c1-18(8-6-14-26(3,4)30)22-12-13-23-21(9-7-15-27(22,23)5)11-10-20-16-24(28)19(2)25(29)17-20/h10-11,18,22-25,28-30H,2,6-9,12-17H2,1,3-5H3/b21-11+/t18-,22?,23-,24+,25+,27+/m0/s1. The molecule has 3 rings (SSSR count). The predicted octanol–water partition coefficient (Wildman–Crippen LogP) is 5.70. The molecule has 0 heterocycles. The van der Waals surface area contributed by atoms with Gasteiger partial charge in [0.1, 0.15) is 0 Å². The molecule has 3 aliphatic rings. The van der Waals surface area contributed by atoms with Crippen molar-refractivity contribution in [3.63, 3.8) is 0 Å². The molecule has 0 amide bonds. The lowest BCUT2D eigenvalue weighted by Crippen LogP contribution is -2.36. The van der Waals surface area contributed by atoms with Gasteiger partial charge < -0.3 is 15.3 Å². The van der Waals surface area contributed by atoms with Crippen molar-refractivity contribution in [3.8, 4) is 0 Å². The lowest BCUT2D eigenvalue weighted by molar-refractivity contribution is 0.0596. The van der Waals surface area contributed by atoms with Crippen LogP contribution in [-0.4, -0.2) is 33.1 Å². The van der Waals surface area contributed by atoms with E-state index in [1.54, 1.807) is 5.57 Å². The Balaban J connectivity index is 1.67. The third-order valence-electron chi connectivity index (χ3n) is 8.47. The minimum Gasteiger partial charge on any atom is -0.390 e. The highest BCUT2D eigenvalue weighted by atomic mass is 16.3. The summed E-state index contributed by atoms with van der Waals surface area (Å²) in [4.78, 5) is 0. The number of rotatable bonds is 6. The second-order valence-electron chi connectivity index (χ2n) is 11.4. The number of allylic oxidation sites excluding steroid dienone is 3. The van der Waals surface area contributed by atoms with E-state index in [4.69, 9.17) is 0 Å². The molecule has 0 aliphatic heterocycles. The number of aliphatic hydroxyl groups excluding tert-OH is 2. The first kappa shape index (κ1) is 23.8. The molecule has 170 valence electrons.